The fraction of sp³-hybridized carbons (Fsp3) is 0.263. The van der Waals surface area contributed by atoms with Crippen LogP contribution in [0, 0.1) is 0 Å². The van der Waals surface area contributed by atoms with Crippen molar-refractivity contribution in [1.29, 1.82) is 0 Å². The summed E-state index contributed by atoms with van der Waals surface area (Å²) in [6.07, 6.45) is 6.68. The van der Waals surface area contributed by atoms with Gasteiger partial charge in [-0.25, -0.2) is 4.98 Å². The van der Waals surface area contributed by atoms with Gasteiger partial charge >= 0.3 is 5.97 Å². The number of carbonyl (C=O) groups excluding carboxylic acids is 1. The average Bonchev–Trinajstić information content (AvgIpc) is 2.66. The number of nitrogens with zero attached hydrogens (tertiary/aromatic N) is 3. The summed E-state index contributed by atoms with van der Waals surface area (Å²) in [5.74, 6) is -0.322. The van der Waals surface area contributed by atoms with Gasteiger partial charge in [-0.2, -0.15) is 0 Å². The highest BCUT2D eigenvalue weighted by molar-refractivity contribution is 9.10. The highest BCUT2D eigenvalue weighted by Gasteiger charge is 2.08. The van der Waals surface area contributed by atoms with Gasteiger partial charge in [-0.15, -0.1) is 0 Å². The van der Waals surface area contributed by atoms with Crippen LogP contribution in [-0.4, -0.2) is 27.1 Å². The minimum Gasteiger partial charge on any atom is -0.466 e. The molecule has 0 saturated carbocycles. The molecule has 7 heteroatoms. The maximum absolute atomic E-state index is 12.5. The van der Waals surface area contributed by atoms with Crippen molar-refractivity contribution in [3.05, 3.63) is 69.4 Å². The predicted octanol–water partition coefficient (Wildman–Crippen LogP) is 3.12. The molecule has 0 amide bonds. The number of pyridine rings is 1. The van der Waals surface area contributed by atoms with Crippen LogP contribution < -0.4 is 5.56 Å². The standard InChI is InChI=1S/C19H18BrN3O3/c20-15-5-6-17-16(11-15)19(25)23(13-22-17)9-7-18(24)26-10-2-4-14-3-1-8-21-12-14/h1,3,5-6,8,11-13H,2,4,7,9-10H2. The van der Waals surface area contributed by atoms with E-state index in [2.05, 4.69) is 25.9 Å². The maximum atomic E-state index is 12.5. The van der Waals surface area contributed by atoms with E-state index in [1.165, 1.54) is 10.9 Å². The third kappa shape index (κ3) is 4.76. The Kier molecular flexibility index (Phi) is 6.12. The van der Waals surface area contributed by atoms with Gasteiger partial charge in [-0.1, -0.05) is 22.0 Å². The van der Waals surface area contributed by atoms with Crippen molar-refractivity contribution in [3.63, 3.8) is 0 Å². The molecule has 0 aliphatic rings. The topological polar surface area (TPSA) is 74.1 Å². The first kappa shape index (κ1) is 18.3. The fourth-order valence-corrected chi connectivity index (χ4v) is 2.94. The number of carbonyl (C=O) groups is 1. The number of hydrogen-bond donors (Lipinski definition) is 0. The van der Waals surface area contributed by atoms with Crippen molar-refractivity contribution in [2.45, 2.75) is 25.8 Å². The molecule has 0 radical (unpaired) electrons. The van der Waals surface area contributed by atoms with Gasteiger partial charge in [0, 0.05) is 23.4 Å². The van der Waals surface area contributed by atoms with Crippen LogP contribution in [0.2, 0.25) is 0 Å². The van der Waals surface area contributed by atoms with Gasteiger partial charge in [-0.05, 0) is 42.7 Å². The molecule has 0 fully saturated rings. The molecule has 0 aliphatic heterocycles. The van der Waals surface area contributed by atoms with Crippen molar-refractivity contribution in [2.75, 3.05) is 6.61 Å². The van der Waals surface area contributed by atoms with Crippen molar-refractivity contribution in [2.24, 2.45) is 0 Å². The van der Waals surface area contributed by atoms with Crippen molar-refractivity contribution in [3.8, 4) is 0 Å². The first-order chi connectivity index (χ1) is 12.6. The van der Waals surface area contributed by atoms with Gasteiger partial charge in [0.25, 0.3) is 5.56 Å². The van der Waals surface area contributed by atoms with Crippen LogP contribution in [-0.2, 0) is 22.5 Å². The molecule has 3 rings (SSSR count). The molecular formula is C19H18BrN3O3. The van der Waals surface area contributed by atoms with Gasteiger partial charge in [-0.3, -0.25) is 19.1 Å². The molecule has 0 saturated heterocycles. The molecule has 134 valence electrons. The Morgan fingerprint density at radius 2 is 2.15 bits per heavy atom. The second-order valence-corrected chi connectivity index (χ2v) is 6.76. The number of halogens is 1. The molecule has 1 aromatic carbocycles. The Bertz CT molecular complexity index is 957. The van der Waals surface area contributed by atoms with Gasteiger partial charge in [0.2, 0.25) is 0 Å². The lowest BCUT2D eigenvalue weighted by atomic mass is 10.2. The lowest BCUT2D eigenvalue weighted by molar-refractivity contribution is -0.144. The second-order valence-electron chi connectivity index (χ2n) is 5.84. The maximum Gasteiger partial charge on any atom is 0.307 e. The molecular weight excluding hydrogens is 398 g/mol. The lowest BCUT2D eigenvalue weighted by Gasteiger charge is -2.08. The highest BCUT2D eigenvalue weighted by Crippen LogP contribution is 2.14. The molecule has 0 bridgehead atoms. The Hall–Kier alpha value is -2.54. The number of hydrogen-bond acceptors (Lipinski definition) is 5. The molecule has 0 spiro atoms. The summed E-state index contributed by atoms with van der Waals surface area (Å²) < 4.78 is 7.48. The molecule has 3 aromatic rings. The summed E-state index contributed by atoms with van der Waals surface area (Å²) in [6.45, 7) is 0.598. The fourth-order valence-electron chi connectivity index (χ4n) is 2.58. The van der Waals surface area contributed by atoms with Crippen molar-refractivity contribution < 1.29 is 9.53 Å². The highest BCUT2D eigenvalue weighted by atomic mass is 79.9. The number of rotatable bonds is 7. The van der Waals surface area contributed by atoms with Crippen LogP contribution in [0.1, 0.15) is 18.4 Å². The van der Waals surface area contributed by atoms with E-state index >= 15 is 0 Å². The summed E-state index contributed by atoms with van der Waals surface area (Å²) in [7, 11) is 0. The number of benzene rings is 1. The molecule has 2 heterocycles. The van der Waals surface area contributed by atoms with E-state index in [4.69, 9.17) is 4.74 Å². The Labute approximate surface area is 159 Å². The van der Waals surface area contributed by atoms with Gasteiger partial charge in [0.1, 0.15) is 0 Å². The van der Waals surface area contributed by atoms with E-state index in [-0.39, 0.29) is 24.5 Å². The van der Waals surface area contributed by atoms with Crippen molar-refractivity contribution in [1.82, 2.24) is 14.5 Å². The number of ether oxygens (including phenoxy) is 1. The molecule has 26 heavy (non-hydrogen) atoms. The molecule has 0 unspecified atom stereocenters. The minimum absolute atomic E-state index is 0.133. The summed E-state index contributed by atoms with van der Waals surface area (Å²) in [5.41, 5.74) is 1.58. The van der Waals surface area contributed by atoms with Crippen molar-refractivity contribution >= 4 is 32.8 Å². The minimum atomic E-state index is -0.322. The molecule has 0 atom stereocenters. The first-order valence-corrected chi connectivity index (χ1v) is 9.12. The number of aromatic nitrogens is 3. The SMILES string of the molecule is O=C(CCn1cnc2ccc(Br)cc2c1=O)OCCCc1cccnc1. The second kappa shape index (κ2) is 8.71. The monoisotopic (exact) mass is 415 g/mol. The summed E-state index contributed by atoms with van der Waals surface area (Å²) in [4.78, 5) is 32.6. The zero-order valence-corrected chi connectivity index (χ0v) is 15.7. The first-order valence-electron chi connectivity index (χ1n) is 8.33. The lowest BCUT2D eigenvalue weighted by Crippen LogP contribution is -2.22. The smallest absolute Gasteiger partial charge is 0.307 e. The zero-order chi connectivity index (χ0) is 18.4. The van der Waals surface area contributed by atoms with E-state index in [9.17, 15) is 9.59 Å². The zero-order valence-electron chi connectivity index (χ0n) is 14.1. The largest absolute Gasteiger partial charge is 0.466 e. The van der Waals surface area contributed by atoms with Crippen LogP contribution in [0.4, 0.5) is 0 Å². The van der Waals surface area contributed by atoms with E-state index in [1.54, 1.807) is 24.5 Å². The number of esters is 1. The number of fused-ring (bicyclic) bond motifs is 1. The Morgan fingerprint density at radius 1 is 1.27 bits per heavy atom. The summed E-state index contributed by atoms with van der Waals surface area (Å²) in [6, 6.07) is 9.23. The predicted molar refractivity (Wildman–Crippen MR) is 102 cm³/mol. The third-order valence-electron chi connectivity index (χ3n) is 3.94. The van der Waals surface area contributed by atoms with E-state index < -0.39 is 0 Å². The van der Waals surface area contributed by atoms with Crippen LogP contribution >= 0.6 is 15.9 Å². The van der Waals surface area contributed by atoms with E-state index in [0.717, 1.165) is 22.9 Å². The Morgan fingerprint density at radius 3 is 2.96 bits per heavy atom. The Balaban J connectivity index is 1.49. The quantitative estimate of drug-likeness (QED) is 0.437. The molecule has 6 nitrogen and oxygen atoms in total. The van der Waals surface area contributed by atoms with Gasteiger partial charge < -0.3 is 4.74 Å². The molecule has 2 aromatic heterocycles. The van der Waals surface area contributed by atoms with Crippen LogP contribution in [0.5, 0.6) is 0 Å². The van der Waals surface area contributed by atoms with Crippen LogP contribution in [0.15, 0.2) is 58.3 Å². The summed E-state index contributed by atoms with van der Waals surface area (Å²) in [5, 5.41) is 0.520. The van der Waals surface area contributed by atoms with E-state index in [1.807, 2.05) is 18.2 Å². The normalized spacial score (nSPS) is 10.8. The van der Waals surface area contributed by atoms with Crippen LogP contribution in [0.25, 0.3) is 10.9 Å². The summed E-state index contributed by atoms with van der Waals surface area (Å²) >= 11 is 3.35. The molecule has 0 aliphatic carbocycles. The third-order valence-corrected chi connectivity index (χ3v) is 4.43. The van der Waals surface area contributed by atoms with Gasteiger partial charge in [0.15, 0.2) is 0 Å². The van der Waals surface area contributed by atoms with Crippen LogP contribution in [0.3, 0.4) is 0 Å². The van der Waals surface area contributed by atoms with Gasteiger partial charge in [0.05, 0.1) is 30.3 Å². The molecule has 0 N–H and O–H groups in total. The average molecular weight is 416 g/mol. The van der Waals surface area contributed by atoms with E-state index in [0.29, 0.717) is 17.5 Å². The number of aryl methyl sites for hydroxylation is 2.